The predicted molar refractivity (Wildman–Crippen MR) is 193 cm³/mol. The molecule has 1 aromatic heterocycles. The number of imidazole rings is 1. The zero-order chi connectivity index (χ0) is 35.0. The molecule has 4 amide bonds. The third kappa shape index (κ3) is 8.61. The smallest absolute Gasteiger partial charge is 0.326 e. The number of fused-ring (bicyclic) bond motifs is 1. The molecule has 0 saturated carbocycles. The van der Waals surface area contributed by atoms with Gasteiger partial charge in [0.25, 0.3) is 5.24 Å². The van der Waals surface area contributed by atoms with Crippen LogP contribution in [0.25, 0.3) is 11.0 Å². The minimum absolute atomic E-state index is 0.0635. The number of nitrogens with zero attached hydrogens (tertiary/aromatic N) is 3. The lowest BCUT2D eigenvalue weighted by molar-refractivity contribution is -0.118. The number of imide groups is 1. The number of hydrogen-bond acceptors (Lipinski definition) is 7. The highest BCUT2D eigenvalue weighted by molar-refractivity contribution is 8.15. The fourth-order valence-corrected chi connectivity index (χ4v) is 6.59. The lowest BCUT2D eigenvalue weighted by atomic mass is 10.1. The number of carbonyl (C=O) groups is 3. The third-order valence-corrected chi connectivity index (χ3v) is 9.48. The van der Waals surface area contributed by atoms with Crippen molar-refractivity contribution < 1.29 is 28.2 Å². The number of rotatable bonds is 14. The fraction of sp³-hybridized carbons (Fsp3) is 0.263. The van der Waals surface area contributed by atoms with E-state index in [4.69, 9.17) is 14.5 Å². The van der Waals surface area contributed by atoms with Crippen LogP contribution in [0.2, 0.25) is 0 Å². The van der Waals surface area contributed by atoms with Gasteiger partial charge in [0, 0.05) is 31.0 Å². The van der Waals surface area contributed by atoms with Crippen LogP contribution in [0.3, 0.4) is 0 Å². The Kier molecular flexibility index (Phi) is 11.0. The van der Waals surface area contributed by atoms with Crippen LogP contribution in [-0.2, 0) is 24.9 Å². The Bertz CT molecular complexity index is 1950. The van der Waals surface area contributed by atoms with E-state index in [0.29, 0.717) is 30.8 Å². The first-order valence-electron chi connectivity index (χ1n) is 16.5. The maximum Gasteiger partial charge on any atom is 0.326 e. The van der Waals surface area contributed by atoms with Gasteiger partial charge in [-0.1, -0.05) is 49.0 Å². The van der Waals surface area contributed by atoms with Gasteiger partial charge in [0.05, 0.1) is 22.4 Å². The molecule has 5 aromatic rings. The van der Waals surface area contributed by atoms with Gasteiger partial charge in [-0.2, -0.15) is 0 Å². The van der Waals surface area contributed by atoms with Crippen LogP contribution in [0.4, 0.5) is 25.4 Å². The van der Waals surface area contributed by atoms with Crippen LogP contribution in [0.5, 0.6) is 11.5 Å². The van der Waals surface area contributed by atoms with Crippen LogP contribution in [-0.4, -0.2) is 44.6 Å². The number of hydrogen-bond donors (Lipinski definition) is 2. The summed E-state index contributed by atoms with van der Waals surface area (Å²) in [4.78, 5) is 43.0. The van der Waals surface area contributed by atoms with E-state index in [1.165, 1.54) is 24.3 Å². The second kappa shape index (κ2) is 15.9. The minimum atomic E-state index is -0.408. The first-order chi connectivity index (χ1) is 24.2. The van der Waals surface area contributed by atoms with E-state index in [1.54, 1.807) is 4.90 Å². The maximum absolute atomic E-state index is 13.4. The number of benzene rings is 4. The highest BCUT2D eigenvalue weighted by Crippen LogP contribution is 2.27. The first-order valence-corrected chi connectivity index (χ1v) is 17.4. The Morgan fingerprint density at radius 1 is 1.02 bits per heavy atom. The van der Waals surface area contributed by atoms with E-state index in [1.807, 2.05) is 84.4 Å². The van der Waals surface area contributed by atoms with Crippen molar-refractivity contribution in [2.45, 2.75) is 50.6 Å². The summed E-state index contributed by atoms with van der Waals surface area (Å²) >= 11 is 1.02. The third-order valence-electron chi connectivity index (χ3n) is 8.50. The summed E-state index contributed by atoms with van der Waals surface area (Å²) < 4.78 is 27.8. The average molecular weight is 696 g/mol. The minimum Gasteiger partial charge on any atom is -0.490 e. The lowest BCUT2D eigenvalue weighted by Crippen LogP contribution is -2.36. The Morgan fingerprint density at radius 3 is 2.46 bits per heavy atom. The SMILES string of the molecule is CCC(CCCN(C(=O)Nc1ccc(F)cc1)c1ccccc1)Oc1ccc2nc(COc3ccc(CC4SC(=O)NC4=O)cc3)n(C)c2c1. The van der Waals surface area contributed by atoms with Gasteiger partial charge in [0.15, 0.2) is 0 Å². The Hall–Kier alpha value is -5.36. The zero-order valence-electron chi connectivity index (χ0n) is 27.8. The molecule has 0 radical (unpaired) electrons. The lowest BCUT2D eigenvalue weighted by Gasteiger charge is -2.25. The number of anilines is 2. The molecular weight excluding hydrogens is 658 g/mol. The van der Waals surface area contributed by atoms with Crippen LogP contribution in [0.1, 0.15) is 37.6 Å². The summed E-state index contributed by atoms with van der Waals surface area (Å²) in [5, 5.41) is 4.47. The van der Waals surface area contributed by atoms with Crippen LogP contribution in [0, 0.1) is 5.82 Å². The summed E-state index contributed by atoms with van der Waals surface area (Å²) in [5.41, 5.74) is 3.98. The van der Waals surface area contributed by atoms with E-state index >= 15 is 0 Å². The number of urea groups is 1. The topological polar surface area (TPSA) is 115 Å². The summed E-state index contributed by atoms with van der Waals surface area (Å²) in [6.45, 7) is 2.82. The Morgan fingerprint density at radius 2 is 1.76 bits per heavy atom. The molecule has 2 N–H and O–H groups in total. The molecule has 0 spiro atoms. The van der Waals surface area contributed by atoms with Gasteiger partial charge in [0.1, 0.15) is 29.7 Å². The molecule has 0 bridgehead atoms. The Balaban J connectivity index is 1.04. The molecular formula is C38H38FN5O5S. The van der Waals surface area contributed by atoms with E-state index in [2.05, 4.69) is 17.6 Å². The second-order valence-corrected chi connectivity index (χ2v) is 13.1. The largest absolute Gasteiger partial charge is 0.490 e. The van der Waals surface area contributed by atoms with E-state index in [0.717, 1.165) is 58.5 Å². The standard InChI is InChI=1S/C38H38FN5O5S/c1-3-29(10-7-21-44(28-8-5-4-6-9-28)37(46)40-27-15-13-26(39)14-16-27)49-31-19-20-32-33(23-31)43(2)35(41-32)24-48-30-17-11-25(12-18-30)22-34-36(45)42-38(47)50-34/h4-6,8-9,11-20,23,29,34H,3,7,10,21-22,24H2,1-2H3,(H,40,46)(H,42,45,47). The quantitative estimate of drug-likeness (QED) is 0.122. The molecule has 1 saturated heterocycles. The normalized spacial score (nSPS) is 14.7. The van der Waals surface area contributed by atoms with Crippen molar-refractivity contribution in [1.82, 2.24) is 14.9 Å². The van der Waals surface area contributed by atoms with Gasteiger partial charge in [-0.3, -0.25) is 19.8 Å². The maximum atomic E-state index is 13.4. The predicted octanol–water partition coefficient (Wildman–Crippen LogP) is 7.86. The van der Waals surface area contributed by atoms with Crippen molar-refractivity contribution in [3.05, 3.63) is 114 Å². The fourth-order valence-electron chi connectivity index (χ4n) is 5.73. The van der Waals surface area contributed by atoms with E-state index in [9.17, 15) is 18.8 Å². The molecule has 1 aliphatic rings. The number of ether oxygens (including phenoxy) is 2. The van der Waals surface area contributed by atoms with Gasteiger partial charge in [-0.05, 0) is 91.9 Å². The number of halogens is 1. The molecule has 0 aliphatic carbocycles. The van der Waals surface area contributed by atoms with Gasteiger partial charge in [0.2, 0.25) is 5.91 Å². The summed E-state index contributed by atoms with van der Waals surface area (Å²) in [5.74, 6) is 1.55. The zero-order valence-corrected chi connectivity index (χ0v) is 28.6. The molecule has 1 aliphatic heterocycles. The Labute approximate surface area is 294 Å². The van der Waals surface area contributed by atoms with Crippen molar-refractivity contribution in [3.63, 3.8) is 0 Å². The van der Waals surface area contributed by atoms with Crippen molar-refractivity contribution >= 4 is 51.3 Å². The van der Waals surface area contributed by atoms with Gasteiger partial charge in [-0.25, -0.2) is 14.2 Å². The van der Waals surface area contributed by atoms with Gasteiger partial charge < -0.3 is 19.4 Å². The molecule has 2 heterocycles. The van der Waals surface area contributed by atoms with E-state index < -0.39 is 5.25 Å². The van der Waals surface area contributed by atoms with Crippen molar-refractivity contribution in [2.24, 2.45) is 7.05 Å². The molecule has 4 aromatic carbocycles. The van der Waals surface area contributed by atoms with Crippen LogP contribution < -0.4 is 25.0 Å². The number of amides is 4. The highest BCUT2D eigenvalue weighted by atomic mass is 32.2. The molecule has 2 unspecified atom stereocenters. The van der Waals surface area contributed by atoms with E-state index in [-0.39, 0.29) is 35.7 Å². The summed E-state index contributed by atoms with van der Waals surface area (Å²) in [6, 6.07) is 28.2. The number of aromatic nitrogens is 2. The van der Waals surface area contributed by atoms with Gasteiger partial charge >= 0.3 is 6.03 Å². The van der Waals surface area contributed by atoms with Gasteiger partial charge in [-0.15, -0.1) is 0 Å². The average Bonchev–Trinajstić information content (AvgIpc) is 3.62. The van der Waals surface area contributed by atoms with Crippen molar-refractivity contribution in [2.75, 3.05) is 16.8 Å². The molecule has 258 valence electrons. The number of thioether (sulfide) groups is 1. The number of aryl methyl sites for hydroxylation is 1. The summed E-state index contributed by atoms with van der Waals surface area (Å²) in [7, 11) is 1.94. The molecule has 2 atom stereocenters. The first kappa shape index (κ1) is 34.5. The highest BCUT2D eigenvalue weighted by Gasteiger charge is 2.31. The van der Waals surface area contributed by atoms with Crippen LogP contribution in [0.15, 0.2) is 97.1 Å². The molecule has 1 fully saturated rings. The van der Waals surface area contributed by atoms with Crippen molar-refractivity contribution in [1.29, 1.82) is 0 Å². The molecule has 10 nitrogen and oxygen atoms in total. The molecule has 12 heteroatoms. The number of carbonyl (C=O) groups excluding carboxylic acids is 3. The molecule has 6 rings (SSSR count). The van der Waals surface area contributed by atoms with Crippen LogP contribution >= 0.6 is 11.8 Å². The van der Waals surface area contributed by atoms with Crippen molar-refractivity contribution in [3.8, 4) is 11.5 Å². The number of para-hydroxylation sites is 1. The molecule has 50 heavy (non-hydrogen) atoms. The monoisotopic (exact) mass is 695 g/mol. The second-order valence-electron chi connectivity index (χ2n) is 12.0. The number of nitrogens with one attached hydrogen (secondary N) is 2. The summed E-state index contributed by atoms with van der Waals surface area (Å²) in [6.07, 6.45) is 2.63.